The highest BCUT2D eigenvalue weighted by Gasteiger charge is 2.40. The van der Waals surface area contributed by atoms with Crippen molar-refractivity contribution in [3.05, 3.63) is 59.7 Å². The lowest BCUT2D eigenvalue weighted by molar-refractivity contribution is -0.757. The van der Waals surface area contributed by atoms with E-state index in [2.05, 4.69) is 12.1 Å². The van der Waals surface area contributed by atoms with E-state index in [0.717, 1.165) is 30.0 Å². The van der Waals surface area contributed by atoms with Gasteiger partial charge in [-0.25, -0.2) is 9.69 Å². The lowest BCUT2D eigenvalue weighted by Crippen LogP contribution is -3.07. The van der Waals surface area contributed by atoms with Crippen molar-refractivity contribution in [2.75, 3.05) is 6.61 Å². The number of fused-ring (bicyclic) bond motifs is 1. The van der Waals surface area contributed by atoms with Crippen LogP contribution in [0.2, 0.25) is 0 Å². The number of oxime groups is 1. The summed E-state index contributed by atoms with van der Waals surface area (Å²) in [6, 6.07) is 15.3. The zero-order valence-electron chi connectivity index (χ0n) is 14.4. The first-order valence-electron chi connectivity index (χ1n) is 8.68. The fraction of sp³-hybridized carbons (Fsp3) is 0.300. The molecular weight excluding hydrogens is 316 g/mol. The maximum absolute atomic E-state index is 12.5. The summed E-state index contributed by atoms with van der Waals surface area (Å²) in [6.45, 7) is 3.40. The van der Waals surface area contributed by atoms with Gasteiger partial charge in [0.2, 0.25) is 5.71 Å². The highest BCUT2D eigenvalue weighted by molar-refractivity contribution is 6.45. The summed E-state index contributed by atoms with van der Waals surface area (Å²) in [5.74, 6) is 0.643. The van der Waals surface area contributed by atoms with Crippen molar-refractivity contribution in [1.82, 2.24) is 0 Å². The number of unbranched alkanes of at least 4 members (excludes halogenated alkanes) is 2. The van der Waals surface area contributed by atoms with Crippen LogP contribution in [-0.2, 0) is 11.3 Å². The SMILES string of the molecule is CCCCCOc1ccc(C[NH+]2C(=O)C(=NO)c3ccccc32)cc1. The van der Waals surface area contributed by atoms with Gasteiger partial charge in [0, 0.05) is 11.6 Å². The molecule has 5 heteroatoms. The molecule has 130 valence electrons. The molecule has 0 fully saturated rings. The molecule has 3 rings (SSSR count). The van der Waals surface area contributed by atoms with Crippen LogP contribution < -0.4 is 9.64 Å². The summed E-state index contributed by atoms with van der Waals surface area (Å²) in [6.07, 6.45) is 3.41. The van der Waals surface area contributed by atoms with Gasteiger partial charge >= 0.3 is 5.91 Å². The summed E-state index contributed by atoms with van der Waals surface area (Å²) in [4.78, 5) is 13.2. The van der Waals surface area contributed by atoms with Gasteiger partial charge in [0.1, 0.15) is 18.0 Å². The first-order chi connectivity index (χ1) is 12.2. The van der Waals surface area contributed by atoms with Crippen molar-refractivity contribution >= 4 is 17.3 Å². The number of nitrogens with zero attached hydrogens (tertiary/aromatic N) is 1. The summed E-state index contributed by atoms with van der Waals surface area (Å²) in [5.41, 5.74) is 2.70. The van der Waals surface area contributed by atoms with Crippen LogP contribution in [0, 0.1) is 0 Å². The first kappa shape index (κ1) is 17.2. The maximum atomic E-state index is 12.5. The van der Waals surface area contributed by atoms with Gasteiger partial charge in [-0.2, -0.15) is 0 Å². The Morgan fingerprint density at radius 3 is 2.56 bits per heavy atom. The molecule has 0 radical (unpaired) electrons. The normalized spacial score (nSPS) is 17.7. The zero-order valence-corrected chi connectivity index (χ0v) is 14.4. The molecule has 2 aromatic carbocycles. The second kappa shape index (κ2) is 7.94. The lowest BCUT2D eigenvalue weighted by Gasteiger charge is -2.11. The Morgan fingerprint density at radius 2 is 1.84 bits per heavy atom. The average Bonchev–Trinajstić information content (AvgIpc) is 2.91. The molecule has 5 nitrogen and oxygen atoms in total. The average molecular weight is 339 g/mol. The number of carbonyl (C=O) groups is 1. The van der Waals surface area contributed by atoms with E-state index >= 15 is 0 Å². The van der Waals surface area contributed by atoms with Crippen molar-refractivity contribution in [2.24, 2.45) is 5.16 Å². The molecule has 0 aromatic heterocycles. The van der Waals surface area contributed by atoms with E-state index in [1.807, 2.05) is 48.5 Å². The molecule has 2 N–H and O–H groups in total. The van der Waals surface area contributed by atoms with E-state index in [9.17, 15) is 4.79 Å². The van der Waals surface area contributed by atoms with Crippen molar-refractivity contribution in [3.63, 3.8) is 0 Å². The Bertz CT molecular complexity index is 769. The summed E-state index contributed by atoms with van der Waals surface area (Å²) in [5, 5.41) is 12.4. The van der Waals surface area contributed by atoms with Gasteiger partial charge < -0.3 is 9.94 Å². The topological polar surface area (TPSA) is 63.3 Å². The van der Waals surface area contributed by atoms with Gasteiger partial charge in [-0.05, 0) is 36.8 Å². The fourth-order valence-electron chi connectivity index (χ4n) is 3.06. The molecule has 0 aliphatic carbocycles. The third kappa shape index (κ3) is 3.72. The summed E-state index contributed by atoms with van der Waals surface area (Å²) < 4.78 is 5.72. The number of amides is 1. The summed E-state index contributed by atoms with van der Waals surface area (Å²) in [7, 11) is 0. The Labute approximate surface area is 147 Å². The van der Waals surface area contributed by atoms with E-state index in [-0.39, 0.29) is 11.6 Å². The maximum Gasteiger partial charge on any atom is 0.372 e. The number of benzene rings is 2. The molecule has 0 saturated heterocycles. The number of rotatable bonds is 7. The number of nitrogens with one attached hydrogen (secondary N) is 1. The van der Waals surface area contributed by atoms with Crippen molar-refractivity contribution in [2.45, 2.75) is 32.7 Å². The van der Waals surface area contributed by atoms with E-state index < -0.39 is 0 Å². The molecule has 1 amide bonds. The van der Waals surface area contributed by atoms with Gasteiger partial charge in [-0.15, -0.1) is 0 Å². The number of hydrogen-bond donors (Lipinski definition) is 2. The van der Waals surface area contributed by atoms with Crippen molar-refractivity contribution < 1.29 is 19.6 Å². The molecule has 2 aromatic rings. The van der Waals surface area contributed by atoms with Crippen molar-refractivity contribution in [1.29, 1.82) is 0 Å². The Kier molecular flexibility index (Phi) is 5.46. The van der Waals surface area contributed by atoms with E-state index in [1.54, 1.807) is 0 Å². The minimum absolute atomic E-state index is 0.126. The molecular formula is C20H23N2O3+. The van der Waals surface area contributed by atoms with E-state index in [4.69, 9.17) is 9.94 Å². The smallest absolute Gasteiger partial charge is 0.372 e. The summed E-state index contributed by atoms with van der Waals surface area (Å²) >= 11 is 0. The molecule has 1 heterocycles. The van der Waals surface area contributed by atoms with Crippen LogP contribution >= 0.6 is 0 Å². The highest BCUT2D eigenvalue weighted by atomic mass is 16.5. The van der Waals surface area contributed by atoms with E-state index in [0.29, 0.717) is 17.0 Å². The number of para-hydroxylation sites is 1. The lowest BCUT2D eigenvalue weighted by atomic mass is 10.1. The minimum atomic E-state index is -0.205. The predicted octanol–water partition coefficient (Wildman–Crippen LogP) is 2.69. The number of hydrogen-bond acceptors (Lipinski definition) is 4. The van der Waals surface area contributed by atoms with Crippen LogP contribution in [-0.4, -0.2) is 23.4 Å². The molecule has 0 saturated carbocycles. The molecule has 1 atom stereocenters. The first-order valence-corrected chi connectivity index (χ1v) is 8.68. The monoisotopic (exact) mass is 339 g/mol. The minimum Gasteiger partial charge on any atom is -0.494 e. The highest BCUT2D eigenvalue weighted by Crippen LogP contribution is 2.19. The van der Waals surface area contributed by atoms with Crippen molar-refractivity contribution in [3.8, 4) is 5.75 Å². The molecule has 0 bridgehead atoms. The van der Waals surface area contributed by atoms with Crippen LogP contribution in [0.4, 0.5) is 5.69 Å². The second-order valence-corrected chi connectivity index (χ2v) is 6.18. The number of ether oxygens (including phenoxy) is 1. The quantitative estimate of drug-likeness (QED) is 0.463. The standard InChI is InChI=1S/C20H22N2O3/c1-2-3-6-13-25-16-11-9-15(10-12-16)14-22-18-8-5-4-7-17(18)19(21-24)20(22)23/h4-5,7-12,24H,2-3,6,13-14H2,1H3/p+1. The number of carbonyl (C=O) groups excluding carboxylic acids is 1. The molecule has 0 spiro atoms. The van der Waals surface area contributed by atoms with Gasteiger partial charge in [-0.3, -0.25) is 0 Å². The van der Waals surface area contributed by atoms with Crippen LogP contribution in [0.3, 0.4) is 0 Å². The van der Waals surface area contributed by atoms with Gasteiger partial charge in [0.25, 0.3) is 0 Å². The Morgan fingerprint density at radius 1 is 1.08 bits per heavy atom. The van der Waals surface area contributed by atoms with Gasteiger partial charge in [0.05, 0.1) is 12.2 Å². The van der Waals surface area contributed by atoms with Crippen LogP contribution in [0.5, 0.6) is 5.75 Å². The fourth-order valence-corrected chi connectivity index (χ4v) is 3.06. The Balaban J connectivity index is 1.69. The Hall–Kier alpha value is -2.66. The van der Waals surface area contributed by atoms with Gasteiger partial charge in [0.15, 0.2) is 0 Å². The predicted molar refractivity (Wildman–Crippen MR) is 95.6 cm³/mol. The second-order valence-electron chi connectivity index (χ2n) is 6.18. The van der Waals surface area contributed by atoms with Gasteiger partial charge in [-0.1, -0.05) is 37.1 Å². The molecule has 25 heavy (non-hydrogen) atoms. The largest absolute Gasteiger partial charge is 0.494 e. The third-order valence-corrected chi connectivity index (χ3v) is 4.42. The zero-order chi connectivity index (χ0) is 17.6. The third-order valence-electron chi connectivity index (χ3n) is 4.42. The molecule has 1 unspecified atom stereocenters. The van der Waals surface area contributed by atoms with Crippen LogP contribution in [0.1, 0.15) is 37.3 Å². The van der Waals surface area contributed by atoms with Crippen LogP contribution in [0.25, 0.3) is 0 Å². The number of quaternary nitrogens is 1. The molecule has 1 aliphatic rings. The van der Waals surface area contributed by atoms with Crippen LogP contribution in [0.15, 0.2) is 53.7 Å². The molecule has 1 aliphatic heterocycles. The van der Waals surface area contributed by atoms with E-state index in [1.165, 1.54) is 12.8 Å².